The van der Waals surface area contributed by atoms with E-state index in [-0.39, 0.29) is 18.9 Å². The van der Waals surface area contributed by atoms with Crippen LogP contribution >= 0.6 is 0 Å². The first kappa shape index (κ1) is 13.5. The molecule has 1 aliphatic heterocycles. The summed E-state index contributed by atoms with van der Waals surface area (Å²) >= 11 is 0. The van der Waals surface area contributed by atoms with E-state index in [9.17, 15) is 9.59 Å². The number of ketones is 1. The van der Waals surface area contributed by atoms with E-state index in [0.29, 0.717) is 11.6 Å². The molecule has 19 heavy (non-hydrogen) atoms. The third kappa shape index (κ3) is 3.32. The molecule has 0 radical (unpaired) electrons. The summed E-state index contributed by atoms with van der Waals surface area (Å²) in [5, 5.41) is 12.0. The van der Waals surface area contributed by atoms with Gasteiger partial charge in [-0.1, -0.05) is 0 Å². The fourth-order valence-electron chi connectivity index (χ4n) is 2.35. The molecule has 0 aliphatic carbocycles. The number of anilines is 1. The molecule has 1 atom stereocenters. The van der Waals surface area contributed by atoms with Crippen LogP contribution in [0.4, 0.5) is 5.69 Å². The van der Waals surface area contributed by atoms with Crippen LogP contribution in [0.15, 0.2) is 18.2 Å². The molecule has 5 heteroatoms. The maximum atomic E-state index is 12.1. The van der Waals surface area contributed by atoms with Gasteiger partial charge in [0.1, 0.15) is 0 Å². The lowest BCUT2D eigenvalue weighted by Crippen LogP contribution is -2.31. The monoisotopic (exact) mass is 262 g/mol. The largest absolute Gasteiger partial charge is 0.480 e. The van der Waals surface area contributed by atoms with Crippen LogP contribution in [-0.2, 0) is 11.2 Å². The van der Waals surface area contributed by atoms with E-state index < -0.39 is 5.97 Å². The third-order valence-corrected chi connectivity index (χ3v) is 3.17. The van der Waals surface area contributed by atoms with E-state index in [4.69, 9.17) is 5.11 Å². The molecule has 1 aliphatic rings. The lowest BCUT2D eigenvalue weighted by atomic mass is 10.0. The number of hydrogen-bond donors (Lipinski definition) is 2. The van der Waals surface area contributed by atoms with Crippen LogP contribution in [0.2, 0.25) is 0 Å². The first-order chi connectivity index (χ1) is 8.95. The lowest BCUT2D eigenvalue weighted by molar-refractivity contribution is -0.137. The van der Waals surface area contributed by atoms with Crippen molar-refractivity contribution in [2.24, 2.45) is 0 Å². The number of carboxylic acids is 1. The first-order valence-corrected chi connectivity index (χ1v) is 6.28. The predicted octanol–water partition coefficient (Wildman–Crippen LogP) is 1.24. The summed E-state index contributed by atoms with van der Waals surface area (Å²) in [7, 11) is 1.63. The van der Waals surface area contributed by atoms with Crippen molar-refractivity contribution in [3.8, 4) is 0 Å². The molecule has 0 aromatic heterocycles. The summed E-state index contributed by atoms with van der Waals surface area (Å²) in [6.07, 6.45) is 0.918. The Labute approximate surface area is 112 Å². The Hall–Kier alpha value is -1.88. The van der Waals surface area contributed by atoms with Crippen LogP contribution in [-0.4, -0.2) is 47.9 Å². The molecule has 0 spiro atoms. The fraction of sp³-hybridized carbons (Fsp3) is 0.429. The molecule has 5 nitrogen and oxygen atoms in total. The number of hydrogen-bond acceptors (Lipinski definition) is 4. The highest BCUT2D eigenvalue weighted by Crippen LogP contribution is 2.26. The van der Waals surface area contributed by atoms with Crippen molar-refractivity contribution in [1.82, 2.24) is 4.90 Å². The second-order valence-corrected chi connectivity index (χ2v) is 5.11. The second kappa shape index (κ2) is 5.40. The van der Waals surface area contributed by atoms with Gasteiger partial charge in [-0.25, -0.2) is 0 Å². The molecule has 0 saturated carbocycles. The number of nitrogens with one attached hydrogen (secondary N) is 1. The standard InChI is InChI=1S/C14H18N2O3/c1-9-5-11-6-10(3-4-12(11)15-9)13(17)7-16(2)8-14(18)19/h3-4,6,9,15H,5,7-8H2,1-2H3,(H,18,19). The van der Waals surface area contributed by atoms with E-state index in [1.165, 1.54) is 4.90 Å². The van der Waals surface area contributed by atoms with E-state index in [1.54, 1.807) is 13.1 Å². The van der Waals surface area contributed by atoms with Gasteiger partial charge in [0.15, 0.2) is 5.78 Å². The summed E-state index contributed by atoms with van der Waals surface area (Å²) < 4.78 is 0. The number of carbonyl (C=O) groups is 2. The SMILES string of the molecule is CC1Cc2cc(C(=O)CN(C)CC(=O)O)ccc2N1. The number of fused-ring (bicyclic) bond motifs is 1. The number of Topliss-reactive ketones (excluding diaryl/α,β-unsaturated/α-hetero) is 1. The zero-order valence-electron chi connectivity index (χ0n) is 11.1. The van der Waals surface area contributed by atoms with Gasteiger partial charge in [-0.2, -0.15) is 0 Å². The van der Waals surface area contributed by atoms with E-state index in [0.717, 1.165) is 17.7 Å². The molecular weight excluding hydrogens is 244 g/mol. The molecule has 2 rings (SSSR count). The summed E-state index contributed by atoms with van der Waals surface area (Å²) in [5.41, 5.74) is 2.88. The van der Waals surface area contributed by atoms with Crippen molar-refractivity contribution >= 4 is 17.4 Å². The van der Waals surface area contributed by atoms with E-state index >= 15 is 0 Å². The minimum Gasteiger partial charge on any atom is -0.480 e. The van der Waals surface area contributed by atoms with Crippen molar-refractivity contribution < 1.29 is 14.7 Å². The number of aliphatic carboxylic acids is 1. The normalized spacial score (nSPS) is 17.1. The van der Waals surface area contributed by atoms with Gasteiger partial charge in [-0.15, -0.1) is 0 Å². The molecule has 1 unspecified atom stereocenters. The highest BCUT2D eigenvalue weighted by atomic mass is 16.4. The third-order valence-electron chi connectivity index (χ3n) is 3.17. The number of carboxylic acid groups (broad SMARTS) is 1. The molecule has 1 heterocycles. The van der Waals surface area contributed by atoms with Gasteiger partial charge in [-0.05, 0) is 44.2 Å². The van der Waals surface area contributed by atoms with Gasteiger partial charge in [0, 0.05) is 17.3 Å². The molecule has 0 amide bonds. The van der Waals surface area contributed by atoms with Crippen LogP contribution in [0.1, 0.15) is 22.8 Å². The second-order valence-electron chi connectivity index (χ2n) is 5.11. The van der Waals surface area contributed by atoms with Gasteiger partial charge >= 0.3 is 5.97 Å². The maximum absolute atomic E-state index is 12.1. The zero-order chi connectivity index (χ0) is 14.0. The van der Waals surface area contributed by atoms with Crippen molar-refractivity contribution in [1.29, 1.82) is 0 Å². The van der Waals surface area contributed by atoms with E-state index in [1.807, 2.05) is 12.1 Å². The molecule has 0 saturated heterocycles. The minimum atomic E-state index is -0.928. The van der Waals surface area contributed by atoms with E-state index in [2.05, 4.69) is 12.2 Å². The molecule has 1 aromatic rings. The molecule has 2 N–H and O–H groups in total. The quantitative estimate of drug-likeness (QED) is 0.781. The maximum Gasteiger partial charge on any atom is 0.317 e. The Bertz CT molecular complexity index is 513. The average molecular weight is 262 g/mol. The Morgan fingerprint density at radius 3 is 2.84 bits per heavy atom. The van der Waals surface area contributed by atoms with Crippen molar-refractivity contribution in [2.75, 3.05) is 25.5 Å². The molecule has 0 bridgehead atoms. The number of nitrogens with zero attached hydrogens (tertiary/aromatic N) is 1. The van der Waals surface area contributed by atoms with Crippen molar-refractivity contribution in [3.05, 3.63) is 29.3 Å². The van der Waals surface area contributed by atoms with Crippen molar-refractivity contribution in [2.45, 2.75) is 19.4 Å². The molecule has 1 aromatic carbocycles. The number of benzene rings is 1. The summed E-state index contributed by atoms with van der Waals surface area (Å²) in [5.74, 6) is -0.978. The summed E-state index contributed by atoms with van der Waals surface area (Å²) in [6.45, 7) is 2.09. The number of carbonyl (C=O) groups excluding carboxylic acids is 1. The van der Waals surface area contributed by atoms with Gasteiger partial charge in [-0.3, -0.25) is 14.5 Å². The average Bonchev–Trinajstić information content (AvgIpc) is 2.66. The van der Waals surface area contributed by atoms with Crippen LogP contribution in [0.25, 0.3) is 0 Å². The lowest BCUT2D eigenvalue weighted by Gasteiger charge is -2.13. The molecule has 102 valence electrons. The predicted molar refractivity (Wildman–Crippen MR) is 72.7 cm³/mol. The zero-order valence-corrected chi connectivity index (χ0v) is 11.1. The van der Waals surface area contributed by atoms with Crippen molar-refractivity contribution in [3.63, 3.8) is 0 Å². The Balaban J connectivity index is 2.04. The smallest absolute Gasteiger partial charge is 0.317 e. The van der Waals surface area contributed by atoms with Crippen LogP contribution in [0.5, 0.6) is 0 Å². The van der Waals surface area contributed by atoms with Gasteiger partial charge in [0.2, 0.25) is 0 Å². The van der Waals surface area contributed by atoms with Crippen LogP contribution in [0, 0.1) is 0 Å². The Morgan fingerprint density at radius 1 is 1.42 bits per heavy atom. The highest BCUT2D eigenvalue weighted by molar-refractivity contribution is 5.98. The van der Waals surface area contributed by atoms with Gasteiger partial charge in [0.25, 0.3) is 0 Å². The van der Waals surface area contributed by atoms with Crippen LogP contribution < -0.4 is 5.32 Å². The topological polar surface area (TPSA) is 69.6 Å². The van der Waals surface area contributed by atoms with Gasteiger partial charge < -0.3 is 10.4 Å². The summed E-state index contributed by atoms with van der Waals surface area (Å²) in [4.78, 5) is 24.1. The van der Waals surface area contributed by atoms with Crippen LogP contribution in [0.3, 0.4) is 0 Å². The molecular formula is C14H18N2O3. The summed E-state index contributed by atoms with van der Waals surface area (Å²) in [6, 6.07) is 6.02. The Kier molecular flexibility index (Phi) is 3.85. The Morgan fingerprint density at radius 2 is 2.16 bits per heavy atom. The fourth-order valence-corrected chi connectivity index (χ4v) is 2.35. The van der Waals surface area contributed by atoms with Gasteiger partial charge in [0.05, 0.1) is 13.1 Å². The molecule has 0 fully saturated rings. The highest BCUT2D eigenvalue weighted by Gasteiger charge is 2.19. The number of likely N-dealkylation sites (N-methyl/N-ethyl adjacent to an activating group) is 1. The minimum absolute atomic E-state index is 0.0499. The number of rotatable bonds is 5. The first-order valence-electron chi connectivity index (χ1n) is 6.28.